The molecule has 1 amide bonds. The van der Waals surface area contributed by atoms with Crippen LogP contribution in [0.4, 0.5) is 8.78 Å². The Balaban J connectivity index is 1.87. The Kier molecular flexibility index (Phi) is 7.48. The summed E-state index contributed by atoms with van der Waals surface area (Å²) in [5, 5.41) is 2.62. The van der Waals surface area contributed by atoms with Crippen LogP contribution in [0.3, 0.4) is 0 Å². The molecule has 2 aromatic carbocycles. The van der Waals surface area contributed by atoms with Crippen molar-refractivity contribution < 1.29 is 22.0 Å². The van der Waals surface area contributed by atoms with Crippen molar-refractivity contribution in [2.75, 3.05) is 20.1 Å². The fourth-order valence-electron chi connectivity index (χ4n) is 2.29. The molecular weight excluding hydrogens is 412 g/mol. The third kappa shape index (κ3) is 5.71. The van der Waals surface area contributed by atoms with Crippen molar-refractivity contribution in [3.63, 3.8) is 0 Å². The van der Waals surface area contributed by atoms with E-state index in [0.29, 0.717) is 5.56 Å². The third-order valence-electron chi connectivity index (χ3n) is 3.98. The van der Waals surface area contributed by atoms with Crippen molar-refractivity contribution in [1.29, 1.82) is 0 Å². The monoisotopic (exact) mass is 431 g/mol. The molecule has 10 heteroatoms. The second-order valence-electron chi connectivity index (χ2n) is 6.08. The quantitative estimate of drug-likeness (QED) is 0.631. The Hall–Kier alpha value is -2.07. The molecule has 0 unspecified atom stereocenters. The number of hydrogen-bond acceptors (Lipinski definition) is 3. The van der Waals surface area contributed by atoms with Crippen molar-refractivity contribution in [2.24, 2.45) is 0 Å². The van der Waals surface area contributed by atoms with Crippen LogP contribution in [0.15, 0.2) is 36.4 Å². The average molecular weight is 432 g/mol. The molecule has 0 spiro atoms. The number of nitrogens with one attached hydrogen (secondary N) is 2. The number of aryl methyl sites for hydroxylation is 1. The Bertz CT molecular complexity index is 950. The highest BCUT2D eigenvalue weighted by atomic mass is 35.5. The van der Waals surface area contributed by atoms with Crippen molar-refractivity contribution in [3.05, 3.63) is 69.7 Å². The molecule has 0 aliphatic carbocycles. The van der Waals surface area contributed by atoms with E-state index in [-0.39, 0.29) is 35.8 Å². The lowest BCUT2D eigenvalue weighted by Gasteiger charge is -2.19. The number of amides is 1. The van der Waals surface area contributed by atoms with Gasteiger partial charge in [0.15, 0.2) is 0 Å². The fraction of sp³-hybridized carbons (Fsp3) is 0.278. The molecule has 6 nitrogen and oxygen atoms in total. The first-order valence-electron chi connectivity index (χ1n) is 8.30. The highest BCUT2D eigenvalue weighted by Gasteiger charge is 2.20. The van der Waals surface area contributed by atoms with Gasteiger partial charge in [-0.2, -0.15) is 12.7 Å². The molecule has 2 rings (SSSR count). The van der Waals surface area contributed by atoms with Gasteiger partial charge in [-0.05, 0) is 36.8 Å². The number of carbonyl (C=O) groups excluding carboxylic acids is 1. The van der Waals surface area contributed by atoms with Crippen molar-refractivity contribution >= 4 is 27.7 Å². The summed E-state index contributed by atoms with van der Waals surface area (Å²) in [6.45, 7) is 1.21. The van der Waals surface area contributed by atoms with Gasteiger partial charge in [0.1, 0.15) is 11.6 Å². The van der Waals surface area contributed by atoms with Crippen LogP contribution in [0.2, 0.25) is 5.02 Å². The molecule has 0 atom stereocenters. The minimum atomic E-state index is -3.92. The molecule has 28 heavy (non-hydrogen) atoms. The fourth-order valence-corrected chi connectivity index (χ4v) is 3.40. The predicted molar refractivity (Wildman–Crippen MR) is 103 cm³/mol. The molecule has 2 N–H and O–H groups in total. The Morgan fingerprint density at radius 2 is 1.86 bits per heavy atom. The molecule has 0 saturated carbocycles. The number of halogens is 3. The average Bonchev–Trinajstić information content (AvgIpc) is 2.63. The first-order valence-corrected chi connectivity index (χ1v) is 10.1. The van der Waals surface area contributed by atoms with Gasteiger partial charge in [0.25, 0.3) is 16.1 Å². The number of benzene rings is 2. The number of nitrogens with zero attached hydrogens (tertiary/aromatic N) is 1. The van der Waals surface area contributed by atoms with Gasteiger partial charge in [-0.1, -0.05) is 23.7 Å². The molecule has 0 fully saturated rings. The van der Waals surface area contributed by atoms with Gasteiger partial charge in [-0.15, -0.1) is 0 Å². The van der Waals surface area contributed by atoms with E-state index in [2.05, 4.69) is 10.0 Å². The van der Waals surface area contributed by atoms with E-state index >= 15 is 0 Å². The van der Waals surface area contributed by atoms with Gasteiger partial charge in [0.2, 0.25) is 0 Å². The maximum absolute atomic E-state index is 13.8. The summed E-state index contributed by atoms with van der Waals surface area (Å²) < 4.78 is 55.0. The van der Waals surface area contributed by atoms with Gasteiger partial charge in [-0.25, -0.2) is 13.5 Å². The van der Waals surface area contributed by atoms with Crippen LogP contribution < -0.4 is 10.0 Å². The SMILES string of the molecule is Cc1ccc(C(=O)NCCNS(=O)(=O)N(C)Cc2c(F)cccc2Cl)cc1F. The zero-order valence-corrected chi connectivity index (χ0v) is 16.9. The zero-order chi connectivity index (χ0) is 20.9. The number of carbonyl (C=O) groups is 1. The predicted octanol–water partition coefficient (Wildman–Crippen LogP) is 2.62. The maximum Gasteiger partial charge on any atom is 0.279 e. The maximum atomic E-state index is 13.8. The van der Waals surface area contributed by atoms with Crippen molar-refractivity contribution in [3.8, 4) is 0 Å². The summed E-state index contributed by atoms with van der Waals surface area (Å²) in [6.07, 6.45) is 0. The highest BCUT2D eigenvalue weighted by molar-refractivity contribution is 7.87. The summed E-state index contributed by atoms with van der Waals surface area (Å²) in [4.78, 5) is 12.0. The van der Waals surface area contributed by atoms with E-state index in [1.807, 2.05) is 0 Å². The van der Waals surface area contributed by atoms with E-state index < -0.39 is 27.8 Å². The molecule has 0 radical (unpaired) electrons. The summed E-state index contributed by atoms with van der Waals surface area (Å²) in [7, 11) is -2.64. The third-order valence-corrected chi connectivity index (χ3v) is 5.85. The molecule has 0 aromatic heterocycles. The molecule has 2 aromatic rings. The van der Waals surface area contributed by atoms with Crippen LogP contribution >= 0.6 is 11.6 Å². The van der Waals surface area contributed by atoms with E-state index in [4.69, 9.17) is 11.6 Å². The summed E-state index contributed by atoms with van der Waals surface area (Å²) >= 11 is 5.91. The number of hydrogen-bond donors (Lipinski definition) is 2. The topological polar surface area (TPSA) is 78.5 Å². The van der Waals surface area contributed by atoms with E-state index in [1.165, 1.54) is 37.4 Å². The molecule has 0 saturated heterocycles. The first-order chi connectivity index (χ1) is 13.1. The molecule has 0 heterocycles. The van der Waals surface area contributed by atoms with Crippen LogP contribution in [-0.2, 0) is 16.8 Å². The second kappa shape index (κ2) is 9.42. The van der Waals surface area contributed by atoms with E-state index in [9.17, 15) is 22.0 Å². The van der Waals surface area contributed by atoms with Crippen LogP contribution in [-0.4, -0.2) is 38.8 Å². The highest BCUT2D eigenvalue weighted by Crippen LogP contribution is 2.21. The van der Waals surface area contributed by atoms with Crippen LogP contribution in [0, 0.1) is 18.6 Å². The first kappa shape index (κ1) is 22.2. The Labute approximate surface area is 167 Å². The Morgan fingerprint density at radius 1 is 1.14 bits per heavy atom. The molecule has 0 aliphatic rings. The van der Waals surface area contributed by atoms with Gasteiger partial charge in [-0.3, -0.25) is 4.79 Å². The zero-order valence-electron chi connectivity index (χ0n) is 15.3. The summed E-state index contributed by atoms with van der Waals surface area (Å²) in [5.41, 5.74) is 0.617. The molecule has 0 bridgehead atoms. The van der Waals surface area contributed by atoms with E-state index in [1.54, 1.807) is 6.92 Å². The molecule has 0 aliphatic heterocycles. The number of rotatable bonds is 8. The van der Waals surface area contributed by atoms with Gasteiger partial charge in [0.05, 0.1) is 0 Å². The van der Waals surface area contributed by atoms with Crippen molar-refractivity contribution in [2.45, 2.75) is 13.5 Å². The van der Waals surface area contributed by atoms with Gasteiger partial charge in [0, 0.05) is 42.8 Å². The standard InChI is InChI=1S/C18H20ClF2N3O3S/c1-12-6-7-13(10-17(12)21)18(25)22-8-9-23-28(26,27)24(2)11-14-15(19)4-3-5-16(14)20/h3-7,10,23H,8-9,11H2,1-2H3,(H,22,25). The lowest BCUT2D eigenvalue weighted by atomic mass is 10.1. The van der Waals surface area contributed by atoms with Crippen LogP contribution in [0.5, 0.6) is 0 Å². The summed E-state index contributed by atoms with van der Waals surface area (Å²) in [6, 6.07) is 8.16. The molecular formula is C18H20ClF2N3O3S. The second-order valence-corrected chi connectivity index (χ2v) is 8.34. The minimum Gasteiger partial charge on any atom is -0.351 e. The smallest absolute Gasteiger partial charge is 0.279 e. The van der Waals surface area contributed by atoms with Crippen LogP contribution in [0.25, 0.3) is 0 Å². The van der Waals surface area contributed by atoms with Crippen molar-refractivity contribution in [1.82, 2.24) is 14.3 Å². The van der Waals surface area contributed by atoms with Crippen LogP contribution in [0.1, 0.15) is 21.5 Å². The molecule has 152 valence electrons. The Morgan fingerprint density at radius 3 is 2.50 bits per heavy atom. The lowest BCUT2D eigenvalue weighted by Crippen LogP contribution is -2.41. The minimum absolute atomic E-state index is 0.0121. The summed E-state index contributed by atoms with van der Waals surface area (Å²) in [5.74, 6) is -1.63. The van der Waals surface area contributed by atoms with Gasteiger partial charge >= 0.3 is 0 Å². The lowest BCUT2D eigenvalue weighted by molar-refractivity contribution is 0.0954. The van der Waals surface area contributed by atoms with E-state index in [0.717, 1.165) is 10.4 Å². The normalized spacial score (nSPS) is 11.6. The largest absolute Gasteiger partial charge is 0.351 e. The van der Waals surface area contributed by atoms with Gasteiger partial charge < -0.3 is 5.32 Å².